The van der Waals surface area contributed by atoms with Crippen LogP contribution in [0.5, 0.6) is 5.75 Å². The number of hydrogen-bond donors (Lipinski definition) is 0. The topological polar surface area (TPSA) is 114 Å². The van der Waals surface area contributed by atoms with Gasteiger partial charge in [0.05, 0.1) is 62.5 Å². The van der Waals surface area contributed by atoms with Crippen molar-refractivity contribution in [3.05, 3.63) is 55.1 Å². The minimum Gasteiger partial charge on any atom is -0.452 e. The monoisotopic (exact) mass is 446 g/mol. The van der Waals surface area contributed by atoms with Crippen LogP contribution in [0, 0.1) is 11.3 Å². The van der Waals surface area contributed by atoms with Crippen LogP contribution < -0.4 is 14.5 Å². The van der Waals surface area contributed by atoms with Gasteiger partial charge in [0.1, 0.15) is 0 Å². The molecule has 0 saturated heterocycles. The second-order valence-corrected chi connectivity index (χ2v) is 7.46. The Morgan fingerprint density at radius 1 is 1.18 bits per heavy atom. The molecular formula is C23H22N6O4. The highest BCUT2D eigenvalue weighted by Crippen LogP contribution is 2.39. The molecule has 0 unspecified atom stereocenters. The van der Waals surface area contributed by atoms with Gasteiger partial charge in [-0.15, -0.1) is 0 Å². The van der Waals surface area contributed by atoms with Crippen LogP contribution in [0.15, 0.2) is 55.1 Å². The first-order chi connectivity index (χ1) is 16.0. The molecule has 0 saturated carbocycles. The molecule has 0 bridgehead atoms. The molecule has 3 aromatic rings. The predicted octanol–water partition coefficient (Wildman–Crippen LogP) is 3.84. The Labute approximate surface area is 190 Å². The van der Waals surface area contributed by atoms with E-state index in [2.05, 4.69) is 16.2 Å². The van der Waals surface area contributed by atoms with Crippen molar-refractivity contribution in [1.82, 2.24) is 14.8 Å². The van der Waals surface area contributed by atoms with Gasteiger partial charge in [-0.2, -0.15) is 10.4 Å². The van der Waals surface area contributed by atoms with E-state index in [1.807, 2.05) is 25.3 Å². The number of methoxy groups -OCH3 is 1. The maximum Gasteiger partial charge on any atom is 0.419 e. The molecule has 1 atom stereocenters. The fourth-order valence-electron chi connectivity index (χ4n) is 3.72. The normalized spacial score (nSPS) is 14.9. The van der Waals surface area contributed by atoms with E-state index in [1.165, 1.54) is 23.1 Å². The fraction of sp³-hybridized carbons (Fsp3) is 0.261. The molecule has 1 aliphatic heterocycles. The SMILES string of the molecule is COC(=O)N1c2ccc(-c3cnn(CCC#N)c3)cc2N(C(=O)Oc2cccnc2)C[C@@H]1C. The zero-order valence-corrected chi connectivity index (χ0v) is 18.2. The summed E-state index contributed by atoms with van der Waals surface area (Å²) in [4.78, 5) is 32.6. The molecule has 168 valence electrons. The number of nitrogens with zero attached hydrogens (tertiary/aromatic N) is 6. The van der Waals surface area contributed by atoms with Gasteiger partial charge in [0.25, 0.3) is 0 Å². The van der Waals surface area contributed by atoms with Crippen LogP contribution in [-0.4, -0.2) is 46.6 Å². The number of nitriles is 1. The molecule has 3 heterocycles. The summed E-state index contributed by atoms with van der Waals surface area (Å²) in [5, 5.41) is 13.1. The summed E-state index contributed by atoms with van der Waals surface area (Å²) in [5.41, 5.74) is 2.66. The summed E-state index contributed by atoms with van der Waals surface area (Å²) >= 11 is 0. The number of ether oxygens (including phenoxy) is 2. The highest BCUT2D eigenvalue weighted by atomic mass is 16.6. The molecule has 0 N–H and O–H groups in total. The third kappa shape index (κ3) is 4.48. The Hall–Kier alpha value is -4.39. The fourth-order valence-corrected chi connectivity index (χ4v) is 3.72. The van der Waals surface area contributed by atoms with Gasteiger partial charge in [-0.3, -0.25) is 19.5 Å². The maximum atomic E-state index is 13.1. The summed E-state index contributed by atoms with van der Waals surface area (Å²) in [7, 11) is 1.32. The number of carbonyl (C=O) groups excluding carboxylic acids is 2. The molecule has 10 heteroatoms. The number of benzene rings is 1. The van der Waals surface area contributed by atoms with E-state index in [9.17, 15) is 9.59 Å². The minimum atomic E-state index is -0.581. The number of carbonyl (C=O) groups is 2. The van der Waals surface area contributed by atoms with Crippen LogP contribution >= 0.6 is 0 Å². The summed E-state index contributed by atoms with van der Waals surface area (Å²) < 4.78 is 12.2. The summed E-state index contributed by atoms with van der Waals surface area (Å²) in [6.45, 7) is 2.53. The molecule has 33 heavy (non-hydrogen) atoms. The van der Waals surface area contributed by atoms with Crippen LogP contribution in [0.4, 0.5) is 21.0 Å². The van der Waals surface area contributed by atoms with E-state index < -0.39 is 12.2 Å². The van der Waals surface area contributed by atoms with Gasteiger partial charge in [0, 0.05) is 18.0 Å². The largest absolute Gasteiger partial charge is 0.452 e. The molecule has 2 amide bonds. The minimum absolute atomic E-state index is 0.214. The van der Waals surface area contributed by atoms with Crippen molar-refractivity contribution < 1.29 is 19.1 Å². The lowest BCUT2D eigenvalue weighted by atomic mass is 10.0. The van der Waals surface area contributed by atoms with E-state index in [4.69, 9.17) is 14.7 Å². The number of anilines is 2. The van der Waals surface area contributed by atoms with Crippen LogP contribution in [0.3, 0.4) is 0 Å². The van der Waals surface area contributed by atoms with Crippen LogP contribution in [0.25, 0.3) is 11.1 Å². The van der Waals surface area contributed by atoms with E-state index in [0.717, 1.165) is 11.1 Å². The summed E-state index contributed by atoms with van der Waals surface area (Å²) in [5.74, 6) is 0.321. The number of rotatable bonds is 4. The van der Waals surface area contributed by atoms with Gasteiger partial charge < -0.3 is 9.47 Å². The third-order valence-electron chi connectivity index (χ3n) is 5.26. The molecule has 2 aromatic heterocycles. The molecule has 4 rings (SSSR count). The Morgan fingerprint density at radius 3 is 2.76 bits per heavy atom. The molecule has 10 nitrogen and oxygen atoms in total. The standard InChI is InChI=1S/C23H22N6O4/c1-16-14-28(22(30)33-19-5-3-9-25-13-19)21-11-17(6-7-20(21)29(16)23(31)32-2)18-12-26-27(15-18)10-4-8-24/h3,5-7,9,11-13,15-16H,4,10,14H2,1-2H3/t16-/m0/s1. The lowest BCUT2D eigenvalue weighted by Gasteiger charge is -2.39. The quantitative estimate of drug-likeness (QED) is 0.598. The van der Waals surface area contributed by atoms with Crippen molar-refractivity contribution in [3.8, 4) is 22.9 Å². The maximum absolute atomic E-state index is 13.1. The van der Waals surface area contributed by atoms with Gasteiger partial charge >= 0.3 is 12.2 Å². The zero-order valence-electron chi connectivity index (χ0n) is 18.2. The van der Waals surface area contributed by atoms with Gasteiger partial charge in [-0.1, -0.05) is 6.07 Å². The summed E-state index contributed by atoms with van der Waals surface area (Å²) in [6, 6.07) is 10.5. The molecule has 1 aliphatic rings. The van der Waals surface area contributed by atoms with Crippen LogP contribution in [0.1, 0.15) is 13.3 Å². The number of amides is 2. The van der Waals surface area contributed by atoms with Crippen LogP contribution in [0.2, 0.25) is 0 Å². The highest BCUT2D eigenvalue weighted by molar-refractivity contribution is 6.02. The smallest absolute Gasteiger partial charge is 0.419 e. The first-order valence-corrected chi connectivity index (χ1v) is 10.3. The number of hydrogen-bond acceptors (Lipinski definition) is 7. The average molecular weight is 446 g/mol. The molecule has 0 spiro atoms. The van der Waals surface area contributed by atoms with E-state index in [-0.39, 0.29) is 12.6 Å². The average Bonchev–Trinajstić information content (AvgIpc) is 3.31. The van der Waals surface area contributed by atoms with E-state index in [0.29, 0.717) is 30.1 Å². The highest BCUT2D eigenvalue weighted by Gasteiger charge is 2.36. The van der Waals surface area contributed by atoms with Crippen molar-refractivity contribution in [2.24, 2.45) is 0 Å². The molecule has 0 aliphatic carbocycles. The second-order valence-electron chi connectivity index (χ2n) is 7.46. The molecule has 0 fully saturated rings. The Kier molecular flexibility index (Phi) is 6.22. The van der Waals surface area contributed by atoms with E-state index >= 15 is 0 Å². The zero-order chi connectivity index (χ0) is 23.4. The first kappa shape index (κ1) is 21.8. The van der Waals surface area contributed by atoms with Gasteiger partial charge in [0.15, 0.2) is 5.75 Å². The molecule has 1 aromatic carbocycles. The number of fused-ring (bicyclic) bond motifs is 1. The lowest BCUT2D eigenvalue weighted by Crippen LogP contribution is -2.52. The Morgan fingerprint density at radius 2 is 2.03 bits per heavy atom. The lowest BCUT2D eigenvalue weighted by molar-refractivity contribution is 0.175. The Bertz CT molecular complexity index is 1200. The molecule has 0 radical (unpaired) electrons. The molecular weight excluding hydrogens is 424 g/mol. The number of aryl methyl sites for hydroxylation is 1. The predicted molar refractivity (Wildman–Crippen MR) is 120 cm³/mol. The number of aromatic nitrogens is 3. The summed E-state index contributed by atoms with van der Waals surface area (Å²) in [6.07, 6.45) is 5.84. The Balaban J connectivity index is 1.72. The van der Waals surface area contributed by atoms with Gasteiger partial charge in [-0.05, 0) is 36.8 Å². The second kappa shape index (κ2) is 9.40. The third-order valence-corrected chi connectivity index (χ3v) is 5.26. The van der Waals surface area contributed by atoms with Crippen molar-refractivity contribution >= 4 is 23.6 Å². The number of pyridine rings is 1. The van der Waals surface area contributed by atoms with Crippen molar-refractivity contribution in [1.29, 1.82) is 5.26 Å². The van der Waals surface area contributed by atoms with Crippen molar-refractivity contribution in [2.75, 3.05) is 23.5 Å². The van der Waals surface area contributed by atoms with Crippen LogP contribution in [-0.2, 0) is 11.3 Å². The van der Waals surface area contributed by atoms with Crippen molar-refractivity contribution in [3.63, 3.8) is 0 Å². The van der Waals surface area contributed by atoms with Gasteiger partial charge in [-0.25, -0.2) is 9.59 Å². The first-order valence-electron chi connectivity index (χ1n) is 10.3. The van der Waals surface area contributed by atoms with Crippen molar-refractivity contribution in [2.45, 2.75) is 25.9 Å². The van der Waals surface area contributed by atoms with E-state index in [1.54, 1.807) is 35.3 Å². The van der Waals surface area contributed by atoms with Gasteiger partial charge in [0.2, 0.25) is 0 Å².